The number of nitrogens with zero attached hydrogens (tertiary/aromatic N) is 2. The Morgan fingerprint density at radius 2 is 2.12 bits per heavy atom. The zero-order chi connectivity index (χ0) is 18.4. The number of aryl methyl sites for hydroxylation is 1. The molecule has 1 heterocycles. The Hall–Kier alpha value is -2.41. The van der Waals surface area contributed by atoms with E-state index in [4.69, 9.17) is 11.6 Å². The molecule has 0 unspecified atom stereocenters. The first-order chi connectivity index (χ1) is 12.0. The van der Waals surface area contributed by atoms with E-state index in [0.29, 0.717) is 22.8 Å². The quantitative estimate of drug-likeness (QED) is 0.763. The fourth-order valence-electron chi connectivity index (χ4n) is 2.37. The minimum Gasteiger partial charge on any atom is -0.469 e. The molecule has 0 aliphatic carbocycles. The fraction of sp³-hybridized carbons (Fsp3) is 0.353. The molecular formula is C17H19ClFN3O3. The Morgan fingerprint density at radius 1 is 1.36 bits per heavy atom. The smallest absolute Gasteiger partial charge is 0.307 e. The molecule has 0 aliphatic rings. The van der Waals surface area contributed by atoms with E-state index in [0.717, 1.165) is 12.5 Å². The number of rotatable bonds is 7. The summed E-state index contributed by atoms with van der Waals surface area (Å²) in [4.78, 5) is 23.3. The molecule has 0 fully saturated rings. The SMILES string of the molecule is CCCn1ncc(Cl)c1-c1cc(F)cc(C(=O)NCCC(=O)OC)c1. The van der Waals surface area contributed by atoms with Crippen LogP contribution in [0.2, 0.25) is 5.02 Å². The number of aromatic nitrogens is 2. The Kier molecular flexibility index (Phi) is 6.52. The second kappa shape index (κ2) is 8.62. The number of carbonyl (C=O) groups excluding carboxylic acids is 2. The molecule has 134 valence electrons. The number of esters is 1. The third kappa shape index (κ3) is 4.79. The van der Waals surface area contributed by atoms with E-state index in [-0.39, 0.29) is 18.5 Å². The predicted octanol–water partition coefficient (Wildman–Crippen LogP) is 3.05. The molecule has 8 heteroatoms. The molecule has 0 saturated heterocycles. The number of ether oxygens (including phenoxy) is 1. The van der Waals surface area contributed by atoms with E-state index in [9.17, 15) is 14.0 Å². The number of nitrogens with one attached hydrogen (secondary N) is 1. The summed E-state index contributed by atoms with van der Waals surface area (Å²) in [5.74, 6) is -1.48. The monoisotopic (exact) mass is 367 g/mol. The molecule has 2 rings (SSSR count). The number of halogens is 2. The minimum absolute atomic E-state index is 0.0412. The van der Waals surface area contributed by atoms with Gasteiger partial charge in [0.25, 0.3) is 5.91 Å². The highest BCUT2D eigenvalue weighted by atomic mass is 35.5. The first-order valence-corrected chi connectivity index (χ1v) is 8.21. The van der Waals surface area contributed by atoms with E-state index < -0.39 is 17.7 Å². The van der Waals surface area contributed by atoms with Crippen molar-refractivity contribution in [3.8, 4) is 11.3 Å². The van der Waals surface area contributed by atoms with E-state index in [2.05, 4.69) is 15.2 Å². The van der Waals surface area contributed by atoms with Gasteiger partial charge in [0.2, 0.25) is 0 Å². The number of hydrogen-bond acceptors (Lipinski definition) is 4. The lowest BCUT2D eigenvalue weighted by Crippen LogP contribution is -2.26. The van der Waals surface area contributed by atoms with Crippen molar-refractivity contribution in [2.45, 2.75) is 26.3 Å². The molecule has 1 N–H and O–H groups in total. The molecular weight excluding hydrogens is 349 g/mol. The number of methoxy groups -OCH3 is 1. The van der Waals surface area contributed by atoms with Gasteiger partial charge in [0.1, 0.15) is 5.82 Å². The highest BCUT2D eigenvalue weighted by molar-refractivity contribution is 6.33. The first-order valence-electron chi connectivity index (χ1n) is 7.83. The normalized spacial score (nSPS) is 10.6. The molecule has 1 aromatic carbocycles. The second-order valence-electron chi connectivity index (χ2n) is 5.37. The van der Waals surface area contributed by atoms with Crippen molar-refractivity contribution in [1.29, 1.82) is 0 Å². The van der Waals surface area contributed by atoms with Gasteiger partial charge in [-0.1, -0.05) is 18.5 Å². The van der Waals surface area contributed by atoms with Crippen molar-refractivity contribution < 1.29 is 18.7 Å². The van der Waals surface area contributed by atoms with Crippen molar-refractivity contribution >= 4 is 23.5 Å². The first kappa shape index (κ1) is 18.9. The third-order valence-electron chi connectivity index (χ3n) is 3.51. The van der Waals surface area contributed by atoms with Gasteiger partial charge in [-0.3, -0.25) is 14.3 Å². The van der Waals surface area contributed by atoms with Gasteiger partial charge in [0.05, 0.1) is 30.4 Å². The van der Waals surface area contributed by atoms with E-state index in [1.807, 2.05) is 6.92 Å². The molecule has 6 nitrogen and oxygen atoms in total. The zero-order valence-electron chi connectivity index (χ0n) is 14.0. The van der Waals surface area contributed by atoms with Crippen molar-refractivity contribution in [2.75, 3.05) is 13.7 Å². The van der Waals surface area contributed by atoms with Crippen LogP contribution in [-0.2, 0) is 16.1 Å². The minimum atomic E-state index is -0.559. The van der Waals surface area contributed by atoms with Crippen LogP contribution in [-0.4, -0.2) is 35.3 Å². The van der Waals surface area contributed by atoms with Gasteiger partial charge < -0.3 is 10.1 Å². The van der Waals surface area contributed by atoms with Crippen molar-refractivity contribution in [3.05, 3.63) is 40.8 Å². The van der Waals surface area contributed by atoms with Gasteiger partial charge in [-0.25, -0.2) is 4.39 Å². The maximum absolute atomic E-state index is 14.0. The number of amides is 1. The van der Waals surface area contributed by atoms with Gasteiger partial charge in [-0.05, 0) is 24.6 Å². The highest BCUT2D eigenvalue weighted by Crippen LogP contribution is 2.29. The average Bonchev–Trinajstić information content (AvgIpc) is 2.94. The molecule has 0 bridgehead atoms. The van der Waals surface area contributed by atoms with Crippen LogP contribution in [0.1, 0.15) is 30.1 Å². The number of carbonyl (C=O) groups is 2. The van der Waals surface area contributed by atoms with E-state index >= 15 is 0 Å². The molecule has 0 radical (unpaired) electrons. The van der Waals surface area contributed by atoms with Gasteiger partial charge in [-0.2, -0.15) is 5.10 Å². The van der Waals surface area contributed by atoms with Crippen LogP contribution in [0.3, 0.4) is 0 Å². The molecule has 1 aromatic heterocycles. The topological polar surface area (TPSA) is 73.2 Å². The largest absolute Gasteiger partial charge is 0.469 e. The van der Waals surface area contributed by atoms with Crippen LogP contribution in [0.25, 0.3) is 11.3 Å². The van der Waals surface area contributed by atoms with Crippen molar-refractivity contribution in [2.24, 2.45) is 0 Å². The lowest BCUT2D eigenvalue weighted by atomic mass is 10.1. The highest BCUT2D eigenvalue weighted by Gasteiger charge is 2.16. The molecule has 25 heavy (non-hydrogen) atoms. The summed E-state index contributed by atoms with van der Waals surface area (Å²) in [5, 5.41) is 7.12. The Morgan fingerprint density at radius 3 is 2.80 bits per heavy atom. The van der Waals surface area contributed by atoms with Crippen LogP contribution >= 0.6 is 11.6 Å². The number of hydrogen-bond donors (Lipinski definition) is 1. The van der Waals surface area contributed by atoms with Crippen molar-refractivity contribution in [3.63, 3.8) is 0 Å². The lowest BCUT2D eigenvalue weighted by Gasteiger charge is -2.10. The van der Waals surface area contributed by atoms with Gasteiger partial charge in [0.15, 0.2) is 0 Å². The van der Waals surface area contributed by atoms with E-state index in [1.165, 1.54) is 19.4 Å². The van der Waals surface area contributed by atoms with E-state index in [1.54, 1.807) is 10.7 Å². The Labute approximate surface area is 149 Å². The number of benzene rings is 1. The summed E-state index contributed by atoms with van der Waals surface area (Å²) in [6.07, 6.45) is 2.37. The van der Waals surface area contributed by atoms with Gasteiger partial charge in [0, 0.05) is 24.2 Å². The lowest BCUT2D eigenvalue weighted by molar-refractivity contribution is -0.140. The maximum Gasteiger partial charge on any atom is 0.307 e. The molecule has 1 amide bonds. The molecule has 0 saturated carbocycles. The van der Waals surface area contributed by atoms with Gasteiger partial charge >= 0.3 is 5.97 Å². The van der Waals surface area contributed by atoms with Crippen LogP contribution < -0.4 is 5.32 Å². The predicted molar refractivity (Wildman–Crippen MR) is 91.9 cm³/mol. The summed E-state index contributed by atoms with van der Waals surface area (Å²) in [5.41, 5.74) is 1.17. The average molecular weight is 368 g/mol. The van der Waals surface area contributed by atoms with Crippen LogP contribution in [0.15, 0.2) is 24.4 Å². The van der Waals surface area contributed by atoms with Crippen LogP contribution in [0, 0.1) is 5.82 Å². The van der Waals surface area contributed by atoms with Crippen molar-refractivity contribution in [1.82, 2.24) is 15.1 Å². The zero-order valence-corrected chi connectivity index (χ0v) is 14.8. The summed E-state index contributed by atoms with van der Waals surface area (Å²) in [6.45, 7) is 2.72. The molecule has 0 aliphatic heterocycles. The Bertz CT molecular complexity index is 776. The van der Waals surface area contributed by atoms with Crippen LogP contribution in [0.4, 0.5) is 4.39 Å². The fourth-order valence-corrected chi connectivity index (χ4v) is 2.62. The molecule has 0 atom stereocenters. The standard InChI is InChI=1S/C17H19ClFN3O3/c1-3-6-22-16(14(18)10-21-22)11-7-12(9-13(19)8-11)17(24)20-5-4-15(23)25-2/h7-10H,3-6H2,1-2H3,(H,20,24). The molecule has 0 spiro atoms. The second-order valence-corrected chi connectivity index (χ2v) is 5.78. The maximum atomic E-state index is 14.0. The van der Waals surface area contributed by atoms with Crippen LogP contribution in [0.5, 0.6) is 0 Å². The Balaban J connectivity index is 2.24. The van der Waals surface area contributed by atoms with Gasteiger partial charge in [-0.15, -0.1) is 0 Å². The third-order valence-corrected chi connectivity index (χ3v) is 3.78. The summed E-state index contributed by atoms with van der Waals surface area (Å²) in [7, 11) is 1.27. The summed E-state index contributed by atoms with van der Waals surface area (Å²) in [6, 6.07) is 3.98. The summed E-state index contributed by atoms with van der Waals surface area (Å²) >= 11 is 6.18. The molecule has 2 aromatic rings. The summed E-state index contributed by atoms with van der Waals surface area (Å²) < 4.78 is 20.2.